The Kier molecular flexibility index (Phi) is 4.76. The summed E-state index contributed by atoms with van der Waals surface area (Å²) in [6.45, 7) is 2.86. The smallest absolute Gasteiger partial charge is 0.0606 e. The number of aromatic nitrogens is 1. The Morgan fingerprint density at radius 3 is 3.12 bits per heavy atom. The van der Waals surface area contributed by atoms with Gasteiger partial charge in [0.05, 0.1) is 16.8 Å². The molecule has 0 radical (unpaired) electrons. The molecule has 2 N–H and O–H groups in total. The molecule has 4 nitrogen and oxygen atoms in total. The topological polar surface area (TPSA) is 48.4 Å². The highest BCUT2D eigenvalue weighted by Gasteiger charge is 2.19. The van der Waals surface area contributed by atoms with Crippen LogP contribution in [-0.2, 0) is 0 Å². The van der Waals surface area contributed by atoms with Crippen molar-refractivity contribution in [2.75, 3.05) is 31.1 Å². The van der Waals surface area contributed by atoms with Gasteiger partial charge in [-0.3, -0.25) is 4.98 Å². The van der Waals surface area contributed by atoms with Gasteiger partial charge in [0.1, 0.15) is 0 Å². The molecule has 2 heterocycles. The summed E-state index contributed by atoms with van der Waals surface area (Å²) in [5.41, 5.74) is 1.10. The molecule has 0 spiro atoms. The fourth-order valence-corrected chi connectivity index (χ4v) is 2.73. The van der Waals surface area contributed by atoms with E-state index in [9.17, 15) is 0 Å². The molecule has 0 bridgehead atoms. The average Bonchev–Trinajstić information content (AvgIpc) is 2.82. The molecule has 94 valence electrons. The van der Waals surface area contributed by atoms with Crippen LogP contribution in [0.1, 0.15) is 12.8 Å². The molecule has 0 aromatic carbocycles. The fraction of sp³-hybridized carbons (Fsp3) is 0.583. The molecule has 1 aromatic rings. The predicted octanol–water partition coefficient (Wildman–Crippen LogP) is 1.39. The van der Waals surface area contributed by atoms with Gasteiger partial charge in [-0.1, -0.05) is 0 Å². The highest BCUT2D eigenvalue weighted by molar-refractivity contribution is 9.10. The number of anilines is 1. The Bertz CT molecular complexity index is 355. The Morgan fingerprint density at radius 1 is 1.59 bits per heavy atom. The van der Waals surface area contributed by atoms with Crippen LogP contribution in [0, 0.1) is 0 Å². The predicted molar refractivity (Wildman–Crippen MR) is 72.3 cm³/mol. The van der Waals surface area contributed by atoms with E-state index in [1.54, 1.807) is 12.4 Å². The van der Waals surface area contributed by atoms with Crippen molar-refractivity contribution in [2.24, 2.45) is 0 Å². The standard InChI is InChI=1S/C12H18BrN3O/c13-11-8-14-5-3-12(11)16(6-7-17)9-10-2-1-4-15-10/h3,5,8,10,15,17H,1-2,4,6-7,9H2. The minimum Gasteiger partial charge on any atom is -0.395 e. The zero-order valence-electron chi connectivity index (χ0n) is 9.77. The molecule has 0 aliphatic carbocycles. The van der Waals surface area contributed by atoms with Gasteiger partial charge in [-0.05, 0) is 41.4 Å². The fourth-order valence-electron chi connectivity index (χ4n) is 2.23. The summed E-state index contributed by atoms with van der Waals surface area (Å²) >= 11 is 3.51. The van der Waals surface area contributed by atoms with Crippen LogP contribution in [0.4, 0.5) is 5.69 Å². The Morgan fingerprint density at radius 2 is 2.47 bits per heavy atom. The molecule has 0 saturated carbocycles. The van der Waals surface area contributed by atoms with Crippen molar-refractivity contribution in [1.82, 2.24) is 10.3 Å². The van der Waals surface area contributed by atoms with Crippen molar-refractivity contribution in [3.63, 3.8) is 0 Å². The second-order valence-electron chi connectivity index (χ2n) is 4.29. The summed E-state index contributed by atoms with van der Waals surface area (Å²) in [4.78, 5) is 6.27. The van der Waals surface area contributed by atoms with Crippen molar-refractivity contribution >= 4 is 21.6 Å². The lowest BCUT2D eigenvalue weighted by molar-refractivity contribution is 0.300. The SMILES string of the molecule is OCCN(CC1CCCN1)c1ccncc1Br. The number of halogens is 1. The minimum atomic E-state index is 0.168. The highest BCUT2D eigenvalue weighted by Crippen LogP contribution is 2.25. The Balaban J connectivity index is 2.08. The van der Waals surface area contributed by atoms with E-state index in [-0.39, 0.29) is 6.61 Å². The van der Waals surface area contributed by atoms with Gasteiger partial charge >= 0.3 is 0 Å². The van der Waals surface area contributed by atoms with Crippen molar-refractivity contribution in [3.05, 3.63) is 22.9 Å². The van der Waals surface area contributed by atoms with Crippen molar-refractivity contribution in [2.45, 2.75) is 18.9 Å². The Labute approximate surface area is 110 Å². The van der Waals surface area contributed by atoms with Crippen LogP contribution >= 0.6 is 15.9 Å². The van der Waals surface area contributed by atoms with Crippen LogP contribution in [0.5, 0.6) is 0 Å². The lowest BCUT2D eigenvalue weighted by Gasteiger charge is -2.27. The van der Waals surface area contributed by atoms with E-state index in [0.717, 1.165) is 23.2 Å². The second kappa shape index (κ2) is 6.33. The molecule has 1 saturated heterocycles. The number of nitrogens with zero attached hydrogens (tertiary/aromatic N) is 2. The van der Waals surface area contributed by atoms with Crippen molar-refractivity contribution < 1.29 is 5.11 Å². The number of pyridine rings is 1. The van der Waals surface area contributed by atoms with Gasteiger partial charge in [-0.2, -0.15) is 0 Å². The van der Waals surface area contributed by atoms with Crippen LogP contribution in [0.15, 0.2) is 22.9 Å². The molecular weight excluding hydrogens is 282 g/mol. The van der Waals surface area contributed by atoms with E-state index in [0.29, 0.717) is 12.6 Å². The molecule has 1 unspecified atom stereocenters. The maximum Gasteiger partial charge on any atom is 0.0606 e. The average molecular weight is 300 g/mol. The van der Waals surface area contributed by atoms with E-state index in [4.69, 9.17) is 5.11 Å². The Hall–Kier alpha value is -0.650. The quantitative estimate of drug-likeness (QED) is 0.863. The van der Waals surface area contributed by atoms with Gasteiger partial charge in [0, 0.05) is 31.5 Å². The van der Waals surface area contributed by atoms with Gasteiger partial charge in [-0.15, -0.1) is 0 Å². The molecule has 5 heteroatoms. The van der Waals surface area contributed by atoms with E-state index in [1.807, 2.05) is 6.07 Å². The van der Waals surface area contributed by atoms with E-state index in [1.165, 1.54) is 12.8 Å². The summed E-state index contributed by atoms with van der Waals surface area (Å²) in [7, 11) is 0. The van der Waals surface area contributed by atoms with E-state index in [2.05, 4.69) is 31.1 Å². The third-order valence-corrected chi connectivity index (χ3v) is 3.68. The lowest BCUT2D eigenvalue weighted by atomic mass is 10.2. The molecule has 1 aromatic heterocycles. The van der Waals surface area contributed by atoms with Gasteiger partial charge in [0.25, 0.3) is 0 Å². The molecule has 1 atom stereocenters. The first kappa shape index (κ1) is 12.8. The number of nitrogens with one attached hydrogen (secondary N) is 1. The number of rotatable bonds is 5. The zero-order valence-corrected chi connectivity index (χ0v) is 11.4. The molecule has 0 amide bonds. The third-order valence-electron chi connectivity index (χ3n) is 3.06. The third kappa shape index (κ3) is 3.40. The molecule has 1 aliphatic rings. The second-order valence-corrected chi connectivity index (χ2v) is 5.14. The van der Waals surface area contributed by atoms with Crippen molar-refractivity contribution in [3.8, 4) is 0 Å². The van der Waals surface area contributed by atoms with Crippen LogP contribution in [0.25, 0.3) is 0 Å². The normalized spacial score (nSPS) is 19.5. The first-order chi connectivity index (χ1) is 8.31. The molecule has 1 fully saturated rings. The first-order valence-corrected chi connectivity index (χ1v) is 6.79. The summed E-state index contributed by atoms with van der Waals surface area (Å²) in [5.74, 6) is 0. The maximum absolute atomic E-state index is 9.17. The monoisotopic (exact) mass is 299 g/mol. The molecule has 2 rings (SSSR count). The van der Waals surface area contributed by atoms with Crippen LogP contribution in [0.3, 0.4) is 0 Å². The van der Waals surface area contributed by atoms with Gasteiger partial charge in [0.15, 0.2) is 0 Å². The van der Waals surface area contributed by atoms with Gasteiger partial charge in [-0.25, -0.2) is 0 Å². The summed E-state index contributed by atoms with van der Waals surface area (Å²) in [6.07, 6.45) is 6.04. The maximum atomic E-state index is 9.17. The highest BCUT2D eigenvalue weighted by atomic mass is 79.9. The number of aliphatic hydroxyl groups is 1. The van der Waals surface area contributed by atoms with Crippen LogP contribution in [0.2, 0.25) is 0 Å². The number of hydrogen-bond donors (Lipinski definition) is 2. The van der Waals surface area contributed by atoms with E-state index >= 15 is 0 Å². The molecule has 17 heavy (non-hydrogen) atoms. The van der Waals surface area contributed by atoms with E-state index < -0.39 is 0 Å². The zero-order chi connectivity index (χ0) is 12.1. The lowest BCUT2D eigenvalue weighted by Crippen LogP contribution is -2.39. The largest absolute Gasteiger partial charge is 0.395 e. The minimum absolute atomic E-state index is 0.168. The molecular formula is C12H18BrN3O. The first-order valence-electron chi connectivity index (χ1n) is 6.00. The molecule has 1 aliphatic heterocycles. The van der Waals surface area contributed by atoms with Crippen molar-refractivity contribution in [1.29, 1.82) is 0 Å². The van der Waals surface area contributed by atoms with Gasteiger partial charge < -0.3 is 15.3 Å². The van der Waals surface area contributed by atoms with Crippen LogP contribution in [-0.4, -0.2) is 42.4 Å². The summed E-state index contributed by atoms with van der Waals surface area (Å²) in [6, 6.07) is 2.51. The number of hydrogen-bond acceptors (Lipinski definition) is 4. The van der Waals surface area contributed by atoms with Gasteiger partial charge in [0.2, 0.25) is 0 Å². The number of aliphatic hydroxyl groups excluding tert-OH is 1. The van der Waals surface area contributed by atoms with Crippen LogP contribution < -0.4 is 10.2 Å². The summed E-state index contributed by atoms with van der Waals surface area (Å²) < 4.78 is 0.978. The summed E-state index contributed by atoms with van der Waals surface area (Å²) in [5, 5.41) is 12.7.